The first-order chi connectivity index (χ1) is 21.8. The van der Waals surface area contributed by atoms with Crippen molar-refractivity contribution in [1.29, 1.82) is 0 Å². The Balaban J connectivity index is 1.32. The zero-order valence-electron chi connectivity index (χ0n) is 23.6. The Labute approximate surface area is 268 Å². The number of nitrogens with one attached hydrogen (secondary N) is 3. The summed E-state index contributed by atoms with van der Waals surface area (Å²) in [6.07, 6.45) is 2.93. The third-order valence-electron chi connectivity index (χ3n) is 6.40. The molecule has 0 fully saturated rings. The number of aromatic nitrogens is 1. The van der Waals surface area contributed by atoms with E-state index in [0.29, 0.717) is 27.7 Å². The number of carbonyl (C=O) groups is 3. The van der Waals surface area contributed by atoms with Crippen LogP contribution >= 0.6 is 23.4 Å². The maximum atomic E-state index is 13.5. The number of rotatable bonds is 10. The fourth-order valence-corrected chi connectivity index (χ4v) is 5.30. The highest BCUT2D eigenvalue weighted by Crippen LogP contribution is 2.36. The Morgan fingerprint density at radius 1 is 0.778 bits per heavy atom. The monoisotopic (exact) mass is 636 g/mol. The number of hydrogen-bond acceptors (Lipinski definition) is 5. The molecule has 0 radical (unpaired) electrons. The van der Waals surface area contributed by atoms with E-state index in [1.807, 2.05) is 30.3 Å². The molecule has 0 aliphatic rings. The minimum absolute atomic E-state index is 0.0227. The number of thioether (sulfide) groups is 1. The molecule has 45 heavy (non-hydrogen) atoms. The third-order valence-corrected chi connectivity index (χ3v) is 7.88. The summed E-state index contributed by atoms with van der Waals surface area (Å²) in [5.74, 6) is -1.33. The number of benzene rings is 4. The quantitative estimate of drug-likeness (QED) is 0.107. The molecule has 3 amide bonds. The van der Waals surface area contributed by atoms with E-state index in [0.717, 1.165) is 10.5 Å². The van der Waals surface area contributed by atoms with Gasteiger partial charge in [-0.2, -0.15) is 0 Å². The molecule has 0 saturated carbocycles. The molecule has 3 N–H and O–H groups in total. The molecule has 224 valence electrons. The van der Waals surface area contributed by atoms with Gasteiger partial charge in [0.05, 0.1) is 5.02 Å². The van der Waals surface area contributed by atoms with E-state index in [-0.39, 0.29) is 11.6 Å². The Kier molecular flexibility index (Phi) is 10.4. The molecule has 1 unspecified atom stereocenters. The van der Waals surface area contributed by atoms with E-state index in [1.165, 1.54) is 48.3 Å². The van der Waals surface area contributed by atoms with Gasteiger partial charge in [0.1, 0.15) is 22.6 Å². The number of halogens is 2. The van der Waals surface area contributed by atoms with E-state index >= 15 is 0 Å². The van der Waals surface area contributed by atoms with E-state index in [9.17, 15) is 18.8 Å². The van der Waals surface area contributed by atoms with Crippen LogP contribution in [0.15, 0.2) is 138 Å². The van der Waals surface area contributed by atoms with Gasteiger partial charge in [-0.25, -0.2) is 9.37 Å². The molecule has 0 spiro atoms. The molecule has 0 aliphatic heterocycles. The zero-order valence-corrected chi connectivity index (χ0v) is 25.2. The molecule has 0 saturated heterocycles. The summed E-state index contributed by atoms with van der Waals surface area (Å²) in [5, 5.41) is 8.17. The summed E-state index contributed by atoms with van der Waals surface area (Å²) in [6, 6.07) is 33.7. The van der Waals surface area contributed by atoms with E-state index in [4.69, 9.17) is 11.6 Å². The molecule has 0 aliphatic carbocycles. The smallest absolute Gasteiger partial charge is 0.272 e. The Hall–Kier alpha value is -5.25. The number of anilines is 2. The first-order valence-corrected chi connectivity index (χ1v) is 15.0. The van der Waals surface area contributed by atoms with Crippen molar-refractivity contribution in [1.82, 2.24) is 10.3 Å². The van der Waals surface area contributed by atoms with Crippen molar-refractivity contribution in [3.05, 3.63) is 161 Å². The van der Waals surface area contributed by atoms with Crippen molar-refractivity contribution < 1.29 is 18.8 Å². The highest BCUT2D eigenvalue weighted by atomic mass is 35.5. The molecule has 4 aromatic carbocycles. The van der Waals surface area contributed by atoms with Crippen molar-refractivity contribution >= 4 is 58.7 Å². The largest absolute Gasteiger partial charge is 0.321 e. The summed E-state index contributed by atoms with van der Waals surface area (Å²) in [7, 11) is 0. The minimum Gasteiger partial charge on any atom is -0.321 e. The molecule has 10 heteroatoms. The average Bonchev–Trinajstić information content (AvgIpc) is 3.06. The lowest BCUT2D eigenvalue weighted by atomic mass is 10.1. The number of amides is 3. The fourth-order valence-electron chi connectivity index (χ4n) is 4.16. The van der Waals surface area contributed by atoms with E-state index < -0.39 is 22.9 Å². The second-order valence-electron chi connectivity index (χ2n) is 9.67. The van der Waals surface area contributed by atoms with Crippen molar-refractivity contribution in [2.45, 2.75) is 10.1 Å². The standard InChI is InChI=1S/C35H26ClFN4O3S/c36-26-13-20-31(38-22-26)41-35(44)32(24-7-3-1-4-8-24)45-29-18-16-28(17-19-29)39-34(43)30(21-23-11-14-27(37)15-12-23)40-33(42)25-9-5-2-6-10-25/h1-22,32H,(H,39,43)(H,40,42)(H,38,41,44)/b30-21-. The predicted molar refractivity (Wildman–Crippen MR) is 176 cm³/mol. The van der Waals surface area contributed by atoms with Crippen molar-refractivity contribution in [3.8, 4) is 0 Å². The summed E-state index contributed by atoms with van der Waals surface area (Å²) in [6.45, 7) is 0. The fraction of sp³-hybridized carbons (Fsp3) is 0.0286. The van der Waals surface area contributed by atoms with E-state index in [2.05, 4.69) is 20.9 Å². The van der Waals surface area contributed by atoms with Gasteiger partial charge >= 0.3 is 0 Å². The molecular formula is C35H26ClFN4O3S. The summed E-state index contributed by atoms with van der Waals surface area (Å²) >= 11 is 7.26. The molecule has 7 nitrogen and oxygen atoms in total. The van der Waals surface area contributed by atoms with Crippen molar-refractivity contribution in [2.24, 2.45) is 0 Å². The number of carbonyl (C=O) groups excluding carboxylic acids is 3. The summed E-state index contributed by atoms with van der Waals surface area (Å²) < 4.78 is 13.5. The van der Waals surface area contributed by atoms with Crippen LogP contribution in [0.4, 0.5) is 15.9 Å². The van der Waals surface area contributed by atoms with Gasteiger partial charge in [0.15, 0.2) is 0 Å². The molecule has 5 aromatic rings. The van der Waals surface area contributed by atoms with Gasteiger partial charge in [0.25, 0.3) is 11.8 Å². The van der Waals surface area contributed by atoms with Gasteiger partial charge in [0, 0.05) is 22.3 Å². The van der Waals surface area contributed by atoms with Crippen LogP contribution < -0.4 is 16.0 Å². The summed E-state index contributed by atoms with van der Waals surface area (Å²) in [5.41, 5.74) is 2.15. The lowest BCUT2D eigenvalue weighted by Gasteiger charge is -2.17. The maximum absolute atomic E-state index is 13.5. The molecule has 1 aromatic heterocycles. The number of pyridine rings is 1. The molecule has 0 bridgehead atoms. The van der Waals surface area contributed by atoms with Gasteiger partial charge in [0.2, 0.25) is 5.91 Å². The highest BCUT2D eigenvalue weighted by molar-refractivity contribution is 8.00. The lowest BCUT2D eigenvalue weighted by Crippen LogP contribution is -2.30. The van der Waals surface area contributed by atoms with Crippen molar-refractivity contribution in [3.63, 3.8) is 0 Å². The first-order valence-electron chi connectivity index (χ1n) is 13.7. The second kappa shape index (κ2) is 15.0. The van der Waals surface area contributed by atoms with Gasteiger partial charge in [-0.15, -0.1) is 11.8 Å². The molecule has 1 heterocycles. The molecule has 5 rings (SSSR count). The maximum Gasteiger partial charge on any atom is 0.272 e. The first kappa shape index (κ1) is 31.2. The van der Waals surface area contributed by atoms with Crippen LogP contribution in [0.25, 0.3) is 6.08 Å². The zero-order chi connectivity index (χ0) is 31.6. The van der Waals surface area contributed by atoms with Crippen LogP contribution in [0.2, 0.25) is 5.02 Å². The average molecular weight is 637 g/mol. The molecular weight excluding hydrogens is 611 g/mol. The van der Waals surface area contributed by atoms with Crippen LogP contribution in [-0.4, -0.2) is 22.7 Å². The lowest BCUT2D eigenvalue weighted by molar-refractivity contribution is -0.116. The number of nitrogens with zero attached hydrogens (tertiary/aromatic N) is 1. The minimum atomic E-state index is -0.595. The van der Waals surface area contributed by atoms with Crippen LogP contribution in [-0.2, 0) is 9.59 Å². The van der Waals surface area contributed by atoms with Crippen LogP contribution in [0.5, 0.6) is 0 Å². The topological polar surface area (TPSA) is 100 Å². The normalized spacial score (nSPS) is 11.7. The number of hydrogen-bond donors (Lipinski definition) is 3. The third kappa shape index (κ3) is 8.88. The predicted octanol–water partition coefficient (Wildman–Crippen LogP) is 7.76. The molecule has 1 atom stereocenters. The Morgan fingerprint density at radius 3 is 2.09 bits per heavy atom. The van der Waals surface area contributed by atoms with Crippen LogP contribution in [0.1, 0.15) is 26.7 Å². The SMILES string of the molecule is O=C(Nc1ccc(SC(C(=O)Nc2ccc(Cl)cn2)c2ccccc2)cc1)/C(=C/c1ccc(F)cc1)NC(=O)c1ccccc1. The van der Waals surface area contributed by atoms with Crippen LogP contribution in [0, 0.1) is 5.82 Å². The summed E-state index contributed by atoms with van der Waals surface area (Å²) in [4.78, 5) is 44.5. The van der Waals surface area contributed by atoms with Gasteiger partial charge in [-0.3, -0.25) is 14.4 Å². The highest BCUT2D eigenvalue weighted by Gasteiger charge is 2.23. The van der Waals surface area contributed by atoms with Gasteiger partial charge < -0.3 is 16.0 Å². The Morgan fingerprint density at radius 2 is 1.44 bits per heavy atom. The second-order valence-corrected chi connectivity index (χ2v) is 11.3. The Bertz CT molecular complexity index is 1800. The van der Waals surface area contributed by atoms with Crippen molar-refractivity contribution in [2.75, 3.05) is 10.6 Å². The van der Waals surface area contributed by atoms with E-state index in [1.54, 1.807) is 66.7 Å². The van der Waals surface area contributed by atoms with Crippen LogP contribution in [0.3, 0.4) is 0 Å². The van der Waals surface area contributed by atoms with Gasteiger partial charge in [-0.05, 0) is 77.9 Å². The van der Waals surface area contributed by atoms with Gasteiger partial charge in [-0.1, -0.05) is 72.3 Å².